The summed E-state index contributed by atoms with van der Waals surface area (Å²) >= 11 is 0. The molecular formula is C22H16FN3O2. The Balaban J connectivity index is 1.89. The quantitative estimate of drug-likeness (QED) is 0.546. The van der Waals surface area contributed by atoms with Gasteiger partial charge in [0.1, 0.15) is 11.6 Å². The number of ether oxygens (including phenoxy) is 1. The highest BCUT2D eigenvalue weighted by atomic mass is 19.1. The van der Waals surface area contributed by atoms with Crippen LogP contribution in [0, 0.1) is 5.82 Å². The number of aromatic nitrogens is 2. The number of hydrogen-bond acceptors (Lipinski definition) is 4. The SMILES string of the molecule is COc1ccccc1-c1c(F)ccc2c(N)c3c(O)n(C4=CC=C4)cc3nc12. The van der Waals surface area contributed by atoms with Crippen LogP contribution in [0.15, 0.2) is 60.8 Å². The number of para-hydroxylation sites is 1. The molecule has 2 aromatic heterocycles. The minimum absolute atomic E-state index is 0.0145. The van der Waals surface area contributed by atoms with Crippen molar-refractivity contribution in [3.05, 3.63) is 66.6 Å². The van der Waals surface area contributed by atoms with Crippen molar-refractivity contribution in [1.82, 2.24) is 9.55 Å². The molecule has 0 radical (unpaired) electrons. The highest BCUT2D eigenvalue weighted by Crippen LogP contribution is 2.42. The summed E-state index contributed by atoms with van der Waals surface area (Å²) in [5, 5.41) is 11.7. The van der Waals surface area contributed by atoms with Gasteiger partial charge in [0.25, 0.3) is 0 Å². The third-order valence-corrected chi connectivity index (χ3v) is 5.07. The number of nitrogen functional groups attached to an aromatic ring is 1. The maximum atomic E-state index is 14.9. The van der Waals surface area contributed by atoms with Gasteiger partial charge in [-0.2, -0.15) is 0 Å². The van der Waals surface area contributed by atoms with E-state index in [-0.39, 0.29) is 5.88 Å². The Bertz CT molecular complexity index is 1340. The first-order chi connectivity index (χ1) is 13.6. The smallest absolute Gasteiger partial charge is 0.207 e. The van der Waals surface area contributed by atoms with Crippen molar-refractivity contribution in [2.45, 2.75) is 0 Å². The summed E-state index contributed by atoms with van der Waals surface area (Å²) in [6.45, 7) is 0. The first kappa shape index (κ1) is 16.4. The van der Waals surface area contributed by atoms with Crippen molar-refractivity contribution < 1.29 is 14.2 Å². The number of allylic oxidation sites excluding steroid dienone is 4. The molecule has 0 spiro atoms. The number of aromatic hydroxyl groups is 1. The van der Waals surface area contributed by atoms with E-state index < -0.39 is 5.82 Å². The molecule has 28 heavy (non-hydrogen) atoms. The fraction of sp³-hybridized carbons (Fsp3) is 0.0455. The lowest BCUT2D eigenvalue weighted by Gasteiger charge is -2.13. The maximum absolute atomic E-state index is 14.9. The van der Waals surface area contributed by atoms with E-state index in [9.17, 15) is 9.50 Å². The summed E-state index contributed by atoms with van der Waals surface area (Å²) in [4.78, 5) is 4.67. The fourth-order valence-corrected chi connectivity index (χ4v) is 3.63. The lowest BCUT2D eigenvalue weighted by Crippen LogP contribution is -1.97. The predicted octanol–water partition coefficient (Wildman–Crippen LogP) is 4.70. The molecule has 4 aromatic rings. The van der Waals surface area contributed by atoms with Crippen LogP contribution in [-0.4, -0.2) is 21.8 Å². The second-order valence-electron chi connectivity index (χ2n) is 6.58. The number of fused-ring (bicyclic) bond motifs is 2. The van der Waals surface area contributed by atoms with Gasteiger partial charge >= 0.3 is 0 Å². The normalized spacial score (nSPS) is 13.0. The Kier molecular flexibility index (Phi) is 3.42. The molecule has 2 heterocycles. The molecule has 1 aliphatic rings. The van der Waals surface area contributed by atoms with Crippen LogP contribution in [0.25, 0.3) is 38.6 Å². The highest BCUT2D eigenvalue weighted by molar-refractivity contribution is 6.13. The first-order valence-electron chi connectivity index (χ1n) is 8.74. The number of nitrogens with two attached hydrogens (primary N) is 1. The van der Waals surface area contributed by atoms with Crippen molar-refractivity contribution in [2.24, 2.45) is 0 Å². The summed E-state index contributed by atoms with van der Waals surface area (Å²) in [5.41, 5.74) is 9.40. The van der Waals surface area contributed by atoms with Crippen LogP contribution >= 0.6 is 0 Å². The number of hydrogen-bond donors (Lipinski definition) is 2. The number of benzene rings is 2. The summed E-state index contributed by atoms with van der Waals surface area (Å²) in [5.74, 6) is 0.136. The maximum Gasteiger partial charge on any atom is 0.207 e. The van der Waals surface area contributed by atoms with E-state index in [0.29, 0.717) is 44.4 Å². The summed E-state index contributed by atoms with van der Waals surface area (Å²) in [6.07, 6.45) is 7.32. The fourth-order valence-electron chi connectivity index (χ4n) is 3.63. The molecule has 0 bridgehead atoms. The third kappa shape index (κ3) is 2.15. The molecule has 0 atom stereocenters. The van der Waals surface area contributed by atoms with Crippen LogP contribution in [0.3, 0.4) is 0 Å². The summed E-state index contributed by atoms with van der Waals surface area (Å²) in [6, 6.07) is 10.1. The minimum Gasteiger partial charge on any atom is -0.496 e. The lowest BCUT2D eigenvalue weighted by atomic mass is 9.99. The van der Waals surface area contributed by atoms with Gasteiger partial charge in [-0.25, -0.2) is 9.37 Å². The first-order valence-corrected chi connectivity index (χ1v) is 8.74. The van der Waals surface area contributed by atoms with Crippen molar-refractivity contribution in [3.63, 3.8) is 0 Å². The van der Waals surface area contributed by atoms with Gasteiger partial charge in [0.05, 0.1) is 29.2 Å². The molecule has 0 fully saturated rings. The van der Waals surface area contributed by atoms with E-state index >= 15 is 0 Å². The zero-order valence-electron chi connectivity index (χ0n) is 15.0. The Hall–Kier alpha value is -3.80. The van der Waals surface area contributed by atoms with Crippen molar-refractivity contribution in [3.8, 4) is 22.8 Å². The molecule has 0 amide bonds. The Morgan fingerprint density at radius 3 is 2.68 bits per heavy atom. The van der Waals surface area contributed by atoms with Crippen LogP contribution in [0.4, 0.5) is 10.1 Å². The van der Waals surface area contributed by atoms with E-state index in [2.05, 4.69) is 4.98 Å². The average molecular weight is 373 g/mol. The topological polar surface area (TPSA) is 73.3 Å². The summed E-state index contributed by atoms with van der Waals surface area (Å²) in [7, 11) is 1.54. The van der Waals surface area contributed by atoms with Crippen molar-refractivity contribution in [2.75, 3.05) is 12.8 Å². The molecule has 0 saturated heterocycles. The Morgan fingerprint density at radius 1 is 1.18 bits per heavy atom. The van der Waals surface area contributed by atoms with Gasteiger partial charge in [0, 0.05) is 28.4 Å². The van der Waals surface area contributed by atoms with Gasteiger partial charge in [-0.05, 0) is 30.4 Å². The van der Waals surface area contributed by atoms with Gasteiger partial charge in [-0.3, -0.25) is 4.57 Å². The largest absolute Gasteiger partial charge is 0.496 e. The monoisotopic (exact) mass is 373 g/mol. The van der Waals surface area contributed by atoms with Gasteiger partial charge in [-0.15, -0.1) is 0 Å². The van der Waals surface area contributed by atoms with Gasteiger partial charge < -0.3 is 15.6 Å². The number of rotatable bonds is 3. The Labute approximate surface area is 159 Å². The van der Waals surface area contributed by atoms with Gasteiger partial charge in [-0.1, -0.05) is 24.3 Å². The molecule has 138 valence electrons. The van der Waals surface area contributed by atoms with Crippen LogP contribution < -0.4 is 10.5 Å². The molecule has 0 unspecified atom stereocenters. The zero-order chi connectivity index (χ0) is 19.4. The van der Waals surface area contributed by atoms with Crippen LogP contribution in [0.5, 0.6) is 11.6 Å². The van der Waals surface area contributed by atoms with E-state index in [1.54, 1.807) is 36.1 Å². The molecule has 1 aliphatic carbocycles. The van der Waals surface area contributed by atoms with Crippen LogP contribution in [0.2, 0.25) is 0 Å². The van der Waals surface area contributed by atoms with Gasteiger partial charge in [0.15, 0.2) is 0 Å². The lowest BCUT2D eigenvalue weighted by molar-refractivity contribution is 0.416. The van der Waals surface area contributed by atoms with Gasteiger partial charge in [0.2, 0.25) is 5.88 Å². The molecule has 5 nitrogen and oxygen atoms in total. The molecular weight excluding hydrogens is 357 g/mol. The molecule has 5 rings (SSSR count). The minimum atomic E-state index is -0.420. The zero-order valence-corrected chi connectivity index (χ0v) is 15.0. The Morgan fingerprint density at radius 2 is 1.96 bits per heavy atom. The molecule has 2 aromatic carbocycles. The summed E-state index contributed by atoms with van der Waals surface area (Å²) < 4.78 is 22.0. The van der Waals surface area contributed by atoms with Crippen molar-refractivity contribution in [1.29, 1.82) is 0 Å². The number of methoxy groups -OCH3 is 1. The van der Waals surface area contributed by atoms with E-state index in [0.717, 1.165) is 5.70 Å². The van der Waals surface area contributed by atoms with E-state index in [1.807, 2.05) is 30.4 Å². The highest BCUT2D eigenvalue weighted by Gasteiger charge is 2.22. The van der Waals surface area contributed by atoms with E-state index in [4.69, 9.17) is 10.5 Å². The molecule has 0 saturated carbocycles. The van der Waals surface area contributed by atoms with Crippen LogP contribution in [-0.2, 0) is 0 Å². The second-order valence-corrected chi connectivity index (χ2v) is 6.58. The number of halogens is 1. The average Bonchev–Trinajstić information content (AvgIpc) is 2.97. The van der Waals surface area contributed by atoms with Crippen LogP contribution in [0.1, 0.15) is 0 Å². The molecule has 0 aliphatic heterocycles. The third-order valence-electron chi connectivity index (χ3n) is 5.07. The standard InChI is InChI=1S/C22H16FN3O2/c1-28-17-8-3-2-7-13(17)18-15(23)10-9-14-20(24)19-16(25-21(14)18)11-26(22(19)27)12-5-4-6-12/h2-11,27H,24H2,1H3. The number of nitrogens with zero attached hydrogens (tertiary/aromatic N) is 2. The molecule has 6 heteroatoms. The second kappa shape index (κ2) is 5.85. The number of pyridine rings is 1. The predicted molar refractivity (Wildman–Crippen MR) is 109 cm³/mol. The van der Waals surface area contributed by atoms with Crippen molar-refractivity contribution >= 4 is 33.2 Å². The number of anilines is 1. The van der Waals surface area contributed by atoms with E-state index in [1.165, 1.54) is 6.07 Å². The molecule has 3 N–H and O–H groups in total.